The minimum atomic E-state index is -0.378. The van der Waals surface area contributed by atoms with Gasteiger partial charge >= 0.3 is 6.09 Å². The molecule has 3 rings (SSSR count). The number of hydrogen-bond donors (Lipinski definition) is 1. The molecule has 0 radical (unpaired) electrons. The van der Waals surface area contributed by atoms with Crippen LogP contribution in [-0.2, 0) is 0 Å². The fourth-order valence-electron chi connectivity index (χ4n) is 2.40. The van der Waals surface area contributed by atoms with Gasteiger partial charge in [-0.25, -0.2) is 4.79 Å². The monoisotopic (exact) mass is 267 g/mol. The van der Waals surface area contributed by atoms with Gasteiger partial charge in [0.1, 0.15) is 5.75 Å². The smallest absolute Gasteiger partial charge is 0.410 e. The molecule has 0 bridgehead atoms. The highest BCUT2D eigenvalue weighted by molar-refractivity contribution is 5.71. The van der Waals surface area contributed by atoms with E-state index in [1.54, 1.807) is 12.1 Å². The van der Waals surface area contributed by atoms with Crippen molar-refractivity contribution in [3.8, 4) is 5.75 Å². The average Bonchev–Trinajstić information content (AvgIpc) is 3.19. The lowest BCUT2D eigenvalue weighted by Gasteiger charge is -2.06. The van der Waals surface area contributed by atoms with Crippen LogP contribution in [-0.4, -0.2) is 12.1 Å². The van der Waals surface area contributed by atoms with E-state index in [4.69, 9.17) is 4.74 Å². The Kier molecular flexibility index (Phi) is 3.42. The zero-order valence-corrected chi connectivity index (χ0v) is 11.4. The maximum Gasteiger partial charge on any atom is 0.412 e. The number of para-hydroxylation sites is 1. The first-order valence-corrected chi connectivity index (χ1v) is 6.82. The van der Waals surface area contributed by atoms with E-state index in [0.29, 0.717) is 11.7 Å². The molecule has 3 nitrogen and oxygen atoms in total. The normalized spacial score (nSPS) is 20.2. The van der Waals surface area contributed by atoms with Crippen LogP contribution in [0.1, 0.15) is 23.5 Å². The van der Waals surface area contributed by atoms with Crippen LogP contribution in [0.5, 0.6) is 5.75 Å². The van der Waals surface area contributed by atoms with E-state index >= 15 is 0 Å². The van der Waals surface area contributed by atoms with Gasteiger partial charge in [0.25, 0.3) is 0 Å². The van der Waals surface area contributed by atoms with Crippen molar-refractivity contribution in [2.45, 2.75) is 25.3 Å². The van der Waals surface area contributed by atoms with E-state index in [9.17, 15) is 4.79 Å². The van der Waals surface area contributed by atoms with E-state index in [-0.39, 0.29) is 12.1 Å². The summed E-state index contributed by atoms with van der Waals surface area (Å²) < 4.78 is 5.22. The van der Waals surface area contributed by atoms with E-state index in [0.717, 1.165) is 6.42 Å². The largest absolute Gasteiger partial charge is 0.412 e. The minimum Gasteiger partial charge on any atom is -0.410 e. The van der Waals surface area contributed by atoms with Gasteiger partial charge in [0.2, 0.25) is 0 Å². The standard InChI is InChI=1S/C17H17NO2/c1-12-6-5-7-13(10-12)15-11-16(15)18-17(19)20-14-8-3-2-4-9-14/h2-10,15-16H,11H2,1H3,(H,18,19). The summed E-state index contributed by atoms with van der Waals surface area (Å²) in [5.74, 6) is 0.982. The number of benzene rings is 2. The lowest BCUT2D eigenvalue weighted by Crippen LogP contribution is -2.29. The first-order valence-electron chi connectivity index (χ1n) is 6.82. The Labute approximate surface area is 118 Å². The molecule has 1 N–H and O–H groups in total. The van der Waals surface area contributed by atoms with Crippen molar-refractivity contribution >= 4 is 6.09 Å². The van der Waals surface area contributed by atoms with Gasteiger partial charge in [-0.1, -0.05) is 48.0 Å². The van der Waals surface area contributed by atoms with Crippen LogP contribution in [0, 0.1) is 6.92 Å². The van der Waals surface area contributed by atoms with Gasteiger partial charge in [0.05, 0.1) is 0 Å². The molecule has 0 heterocycles. The lowest BCUT2D eigenvalue weighted by atomic mass is 10.1. The Bertz CT molecular complexity index is 609. The molecule has 0 saturated heterocycles. The molecule has 2 atom stereocenters. The van der Waals surface area contributed by atoms with Crippen LogP contribution in [0.15, 0.2) is 54.6 Å². The number of aryl methyl sites for hydroxylation is 1. The summed E-state index contributed by atoms with van der Waals surface area (Å²) in [6, 6.07) is 17.7. The Morgan fingerprint density at radius 3 is 2.70 bits per heavy atom. The van der Waals surface area contributed by atoms with Crippen molar-refractivity contribution in [2.75, 3.05) is 0 Å². The van der Waals surface area contributed by atoms with Gasteiger partial charge in [-0.15, -0.1) is 0 Å². The first kappa shape index (κ1) is 12.7. The summed E-state index contributed by atoms with van der Waals surface area (Å²) in [6.45, 7) is 2.08. The second-order valence-electron chi connectivity index (χ2n) is 5.21. The van der Waals surface area contributed by atoms with Gasteiger partial charge < -0.3 is 10.1 Å². The molecule has 1 amide bonds. The first-order chi connectivity index (χ1) is 9.72. The van der Waals surface area contributed by atoms with Gasteiger partial charge in [-0.3, -0.25) is 0 Å². The zero-order chi connectivity index (χ0) is 13.9. The average molecular weight is 267 g/mol. The van der Waals surface area contributed by atoms with Gasteiger partial charge in [-0.2, -0.15) is 0 Å². The van der Waals surface area contributed by atoms with Crippen molar-refractivity contribution in [1.82, 2.24) is 5.32 Å². The molecule has 1 aliphatic carbocycles. The van der Waals surface area contributed by atoms with E-state index < -0.39 is 0 Å². The molecule has 2 aromatic carbocycles. The number of amides is 1. The molecule has 20 heavy (non-hydrogen) atoms. The van der Waals surface area contributed by atoms with Crippen LogP contribution in [0.2, 0.25) is 0 Å². The predicted molar refractivity (Wildman–Crippen MR) is 77.9 cm³/mol. The van der Waals surface area contributed by atoms with E-state index in [1.807, 2.05) is 18.2 Å². The second-order valence-corrected chi connectivity index (χ2v) is 5.21. The topological polar surface area (TPSA) is 38.3 Å². The Morgan fingerprint density at radius 1 is 1.15 bits per heavy atom. The van der Waals surface area contributed by atoms with Crippen LogP contribution >= 0.6 is 0 Å². The lowest BCUT2D eigenvalue weighted by molar-refractivity contribution is 0.200. The third-order valence-corrected chi connectivity index (χ3v) is 3.52. The molecule has 0 aliphatic heterocycles. The highest BCUT2D eigenvalue weighted by Crippen LogP contribution is 2.40. The molecule has 1 aliphatic rings. The third-order valence-electron chi connectivity index (χ3n) is 3.52. The fourth-order valence-corrected chi connectivity index (χ4v) is 2.40. The van der Waals surface area contributed by atoms with Crippen molar-refractivity contribution < 1.29 is 9.53 Å². The SMILES string of the molecule is Cc1cccc(C2CC2NC(=O)Oc2ccccc2)c1. The molecule has 1 fully saturated rings. The number of carbonyl (C=O) groups excluding carboxylic acids is 1. The van der Waals surface area contributed by atoms with Gasteiger partial charge in [-0.05, 0) is 31.0 Å². The Balaban J connectivity index is 1.54. The third kappa shape index (κ3) is 2.99. The summed E-state index contributed by atoms with van der Waals surface area (Å²) in [4.78, 5) is 11.8. The maximum absolute atomic E-state index is 11.8. The van der Waals surface area contributed by atoms with Crippen LogP contribution in [0.3, 0.4) is 0 Å². The fraction of sp³-hybridized carbons (Fsp3) is 0.235. The van der Waals surface area contributed by atoms with Gasteiger partial charge in [0.15, 0.2) is 0 Å². The number of ether oxygens (including phenoxy) is 1. The summed E-state index contributed by atoms with van der Waals surface area (Å²) in [7, 11) is 0. The van der Waals surface area contributed by atoms with Gasteiger partial charge in [0, 0.05) is 12.0 Å². The number of carbonyl (C=O) groups is 1. The van der Waals surface area contributed by atoms with E-state index in [1.165, 1.54) is 11.1 Å². The summed E-state index contributed by atoms with van der Waals surface area (Å²) in [5.41, 5.74) is 2.54. The predicted octanol–water partition coefficient (Wildman–Crippen LogP) is 3.64. The minimum absolute atomic E-state index is 0.188. The molecule has 102 valence electrons. The van der Waals surface area contributed by atoms with Crippen molar-refractivity contribution in [3.05, 3.63) is 65.7 Å². The highest BCUT2D eigenvalue weighted by Gasteiger charge is 2.39. The second kappa shape index (κ2) is 5.37. The number of hydrogen-bond acceptors (Lipinski definition) is 2. The van der Waals surface area contributed by atoms with Crippen molar-refractivity contribution in [2.24, 2.45) is 0 Å². The van der Waals surface area contributed by atoms with Crippen molar-refractivity contribution in [3.63, 3.8) is 0 Å². The molecule has 2 aromatic rings. The highest BCUT2D eigenvalue weighted by atomic mass is 16.6. The molecule has 0 aromatic heterocycles. The molecular weight excluding hydrogens is 250 g/mol. The van der Waals surface area contributed by atoms with Crippen LogP contribution < -0.4 is 10.1 Å². The number of rotatable bonds is 3. The van der Waals surface area contributed by atoms with E-state index in [2.05, 4.69) is 36.5 Å². The summed E-state index contributed by atoms with van der Waals surface area (Å²) in [6.07, 6.45) is 0.601. The molecule has 1 saturated carbocycles. The summed E-state index contributed by atoms with van der Waals surface area (Å²) in [5, 5.41) is 2.91. The molecular formula is C17H17NO2. The van der Waals surface area contributed by atoms with Crippen LogP contribution in [0.4, 0.5) is 4.79 Å². The molecule has 2 unspecified atom stereocenters. The molecule has 0 spiro atoms. The van der Waals surface area contributed by atoms with Crippen LogP contribution in [0.25, 0.3) is 0 Å². The summed E-state index contributed by atoms with van der Waals surface area (Å²) >= 11 is 0. The Morgan fingerprint density at radius 2 is 1.95 bits per heavy atom. The Hall–Kier alpha value is -2.29. The van der Waals surface area contributed by atoms with Crippen molar-refractivity contribution in [1.29, 1.82) is 0 Å². The quantitative estimate of drug-likeness (QED) is 0.922. The maximum atomic E-state index is 11.8. The zero-order valence-electron chi connectivity index (χ0n) is 11.4. The molecule has 3 heteroatoms. The number of nitrogens with one attached hydrogen (secondary N) is 1.